The molecule has 0 unspecified atom stereocenters. The number of carboxylic acid groups (broad SMARTS) is 3. The van der Waals surface area contributed by atoms with E-state index in [0.717, 1.165) is 5.56 Å². The molecule has 0 aliphatic rings. The largest absolute Gasteiger partial charge is 1.00 e. The number of aliphatic carboxylic acids is 1. The number of carbonyl (C=O) groups is 2. The third kappa shape index (κ3) is 14.0. The van der Waals surface area contributed by atoms with E-state index in [9.17, 15) is 4.79 Å². The molecular formula is C10H11NNa2O5. The zero-order chi connectivity index (χ0) is 12.6. The van der Waals surface area contributed by atoms with Gasteiger partial charge in [-0.15, -0.1) is 0 Å². The van der Waals surface area contributed by atoms with Gasteiger partial charge in [0, 0.05) is 0 Å². The number of rotatable bonds is 3. The fraction of sp³-hybridized carbons (Fsp3) is 0.200. The number of nitrogens with two attached hydrogens (primary N) is 1. The van der Waals surface area contributed by atoms with E-state index in [1.807, 2.05) is 30.3 Å². The second kappa shape index (κ2) is 13.4. The van der Waals surface area contributed by atoms with Gasteiger partial charge in [0.2, 0.25) is 0 Å². The van der Waals surface area contributed by atoms with Crippen molar-refractivity contribution in [2.45, 2.75) is 12.5 Å². The smallest absolute Gasteiger partial charge is 0.652 e. The molecule has 0 radical (unpaired) electrons. The Morgan fingerprint density at radius 1 is 1.17 bits per heavy atom. The van der Waals surface area contributed by atoms with E-state index in [1.54, 1.807) is 0 Å². The van der Waals surface area contributed by atoms with Crippen LogP contribution in [0.1, 0.15) is 5.56 Å². The minimum Gasteiger partial charge on any atom is -0.652 e. The normalized spacial score (nSPS) is 9.61. The Balaban J connectivity index is -0.000000332. The van der Waals surface area contributed by atoms with Crippen LogP contribution in [0.4, 0.5) is 4.79 Å². The molecule has 0 saturated carbocycles. The average Bonchev–Trinajstić information content (AvgIpc) is 2.18. The van der Waals surface area contributed by atoms with Gasteiger partial charge in [0.1, 0.15) is 6.04 Å². The van der Waals surface area contributed by atoms with Crippen molar-refractivity contribution in [3.05, 3.63) is 35.9 Å². The van der Waals surface area contributed by atoms with Crippen LogP contribution >= 0.6 is 0 Å². The molecule has 1 aromatic rings. The van der Waals surface area contributed by atoms with E-state index in [4.69, 9.17) is 25.8 Å². The summed E-state index contributed by atoms with van der Waals surface area (Å²) in [7, 11) is 0. The molecule has 0 amide bonds. The summed E-state index contributed by atoms with van der Waals surface area (Å²) in [5.41, 5.74) is 6.30. The van der Waals surface area contributed by atoms with E-state index >= 15 is 0 Å². The maximum Gasteiger partial charge on any atom is 1.00 e. The van der Waals surface area contributed by atoms with Crippen molar-refractivity contribution >= 4 is 12.1 Å². The second-order valence-corrected chi connectivity index (χ2v) is 2.88. The van der Waals surface area contributed by atoms with Crippen LogP contribution in [0.2, 0.25) is 0 Å². The van der Waals surface area contributed by atoms with Crippen molar-refractivity contribution in [3.8, 4) is 0 Å². The van der Waals surface area contributed by atoms with Gasteiger partial charge in [0.15, 0.2) is 0 Å². The van der Waals surface area contributed by atoms with Crippen LogP contribution < -0.4 is 75.1 Å². The molecule has 0 aliphatic carbocycles. The number of carboxylic acids is 1. The molecular weight excluding hydrogens is 260 g/mol. The van der Waals surface area contributed by atoms with Crippen molar-refractivity contribution in [1.82, 2.24) is 0 Å². The first kappa shape index (κ1) is 23.0. The van der Waals surface area contributed by atoms with Crippen LogP contribution in [-0.2, 0) is 11.2 Å². The fourth-order valence-electron chi connectivity index (χ4n) is 0.955. The monoisotopic (exact) mass is 271 g/mol. The number of carbonyl (C=O) groups excluding carboxylic acids is 1. The molecule has 88 valence electrons. The molecule has 1 aromatic carbocycles. The Labute approximate surface area is 149 Å². The van der Waals surface area contributed by atoms with Crippen LogP contribution in [0.15, 0.2) is 30.3 Å². The van der Waals surface area contributed by atoms with Gasteiger partial charge in [-0.05, 0) is 18.1 Å². The molecule has 6 nitrogen and oxygen atoms in total. The van der Waals surface area contributed by atoms with Crippen LogP contribution in [0, 0.1) is 0 Å². The van der Waals surface area contributed by atoms with Gasteiger partial charge in [0.25, 0.3) is 0 Å². The van der Waals surface area contributed by atoms with Gasteiger partial charge in [-0.1, -0.05) is 30.3 Å². The summed E-state index contributed by atoms with van der Waals surface area (Å²) in [6.45, 7) is 0. The summed E-state index contributed by atoms with van der Waals surface area (Å²) in [6.07, 6.45) is -1.95. The summed E-state index contributed by atoms with van der Waals surface area (Å²) >= 11 is 0. The quantitative estimate of drug-likeness (QED) is 0.526. The molecule has 1 atom stereocenters. The number of hydrogen-bond acceptors (Lipinski definition) is 5. The van der Waals surface area contributed by atoms with Crippen LogP contribution in [-0.4, -0.2) is 23.3 Å². The van der Waals surface area contributed by atoms with Crippen molar-refractivity contribution in [2.24, 2.45) is 5.73 Å². The minimum atomic E-state index is -2.33. The van der Waals surface area contributed by atoms with E-state index in [1.165, 1.54) is 0 Å². The molecule has 0 aromatic heterocycles. The topological polar surface area (TPSA) is 127 Å². The number of benzene rings is 1. The van der Waals surface area contributed by atoms with Gasteiger partial charge >= 0.3 is 65.1 Å². The summed E-state index contributed by atoms with van der Waals surface area (Å²) in [5, 5.41) is 25.2. The molecule has 1 rings (SSSR count). The third-order valence-electron chi connectivity index (χ3n) is 1.62. The van der Waals surface area contributed by atoms with Crippen LogP contribution in [0.3, 0.4) is 0 Å². The van der Waals surface area contributed by atoms with Crippen molar-refractivity contribution < 1.29 is 84.0 Å². The summed E-state index contributed by atoms with van der Waals surface area (Å²) in [4.78, 5) is 18.7. The van der Waals surface area contributed by atoms with Crippen molar-refractivity contribution in [3.63, 3.8) is 0 Å². The maximum absolute atomic E-state index is 10.4. The van der Waals surface area contributed by atoms with E-state index in [0.29, 0.717) is 6.42 Å². The average molecular weight is 271 g/mol. The van der Waals surface area contributed by atoms with Gasteiger partial charge in [-0.2, -0.15) is 0 Å². The SMILES string of the molecule is N[C@H](Cc1ccccc1)C(=O)O.O=C([O-])[O-].[Na+].[Na+]. The first-order valence-corrected chi connectivity index (χ1v) is 4.33. The zero-order valence-electron chi connectivity index (χ0n) is 10.3. The molecule has 0 heterocycles. The van der Waals surface area contributed by atoms with Gasteiger partial charge in [-0.25, -0.2) is 0 Å². The molecule has 8 heteroatoms. The van der Waals surface area contributed by atoms with Crippen LogP contribution in [0.25, 0.3) is 0 Å². The predicted molar refractivity (Wildman–Crippen MR) is 51.2 cm³/mol. The fourth-order valence-corrected chi connectivity index (χ4v) is 0.955. The van der Waals surface area contributed by atoms with E-state index < -0.39 is 18.2 Å². The minimum absolute atomic E-state index is 0. The second-order valence-electron chi connectivity index (χ2n) is 2.88. The first-order chi connectivity index (χ1) is 7.43. The van der Waals surface area contributed by atoms with Gasteiger partial charge in [-0.3, -0.25) is 4.79 Å². The Hall–Kier alpha value is -0.0800. The Morgan fingerprint density at radius 2 is 1.56 bits per heavy atom. The molecule has 0 saturated heterocycles. The molecule has 3 N–H and O–H groups in total. The Bertz CT molecular complexity index is 343. The molecule has 0 aliphatic heterocycles. The number of hydrogen-bond donors (Lipinski definition) is 2. The standard InChI is InChI=1S/C9H11NO2.CH2O3.2Na/c10-8(9(11)12)6-7-4-2-1-3-5-7;2-1(3)4;;/h1-5,8H,6,10H2,(H,11,12);(H2,2,3,4);;/q;;2*+1/p-2/t8-;;;/m1.../s1. The molecule has 18 heavy (non-hydrogen) atoms. The van der Waals surface area contributed by atoms with E-state index in [2.05, 4.69) is 0 Å². The summed E-state index contributed by atoms with van der Waals surface area (Å²) in [5.74, 6) is -0.959. The molecule has 0 bridgehead atoms. The van der Waals surface area contributed by atoms with E-state index in [-0.39, 0.29) is 59.1 Å². The van der Waals surface area contributed by atoms with Gasteiger partial charge < -0.3 is 25.8 Å². The molecule has 0 fully saturated rings. The summed E-state index contributed by atoms with van der Waals surface area (Å²) in [6, 6.07) is 8.54. The van der Waals surface area contributed by atoms with Crippen molar-refractivity contribution in [2.75, 3.05) is 0 Å². The van der Waals surface area contributed by atoms with Crippen LogP contribution in [0.5, 0.6) is 0 Å². The maximum atomic E-state index is 10.4. The predicted octanol–water partition coefficient (Wildman–Crippen LogP) is -7.80. The Kier molecular flexibility index (Phi) is 17.1. The van der Waals surface area contributed by atoms with Crippen molar-refractivity contribution in [1.29, 1.82) is 0 Å². The zero-order valence-corrected chi connectivity index (χ0v) is 14.3. The van der Waals surface area contributed by atoms with Gasteiger partial charge in [0.05, 0.1) is 0 Å². The first-order valence-electron chi connectivity index (χ1n) is 4.33. The molecule has 0 spiro atoms. The third-order valence-corrected chi connectivity index (χ3v) is 1.62. The summed E-state index contributed by atoms with van der Waals surface area (Å²) < 4.78 is 0. The Morgan fingerprint density at radius 3 is 1.89 bits per heavy atom.